The molecule has 0 saturated carbocycles. The molecule has 0 unspecified atom stereocenters. The molecule has 208 valence electrons. The summed E-state index contributed by atoms with van der Waals surface area (Å²) in [6, 6.07) is 5.02. The van der Waals surface area contributed by atoms with E-state index in [-0.39, 0.29) is 17.7 Å². The highest BCUT2D eigenvalue weighted by Crippen LogP contribution is 2.38. The highest BCUT2D eigenvalue weighted by atomic mass is 19.4. The summed E-state index contributed by atoms with van der Waals surface area (Å²) in [6.45, 7) is 3.61. The Labute approximate surface area is 217 Å². The van der Waals surface area contributed by atoms with Crippen LogP contribution in [-0.4, -0.2) is 53.5 Å². The van der Waals surface area contributed by atoms with Gasteiger partial charge in [-0.15, -0.1) is 0 Å². The molecule has 2 aromatic carbocycles. The molecule has 0 spiro atoms. The minimum atomic E-state index is -4.97. The number of halogens is 7. The molecular weight excluding hydrogens is 515 g/mol. The van der Waals surface area contributed by atoms with Crippen molar-refractivity contribution in [1.29, 1.82) is 0 Å². The Hall–Kier alpha value is -2.82. The van der Waals surface area contributed by atoms with Crippen molar-refractivity contribution >= 4 is 6.03 Å². The van der Waals surface area contributed by atoms with E-state index in [0.29, 0.717) is 37.1 Å². The van der Waals surface area contributed by atoms with Gasteiger partial charge < -0.3 is 14.7 Å². The predicted molar refractivity (Wildman–Crippen MR) is 128 cm³/mol. The number of likely N-dealkylation sites (tertiary alicyclic amines) is 2. The van der Waals surface area contributed by atoms with E-state index >= 15 is 0 Å². The number of benzene rings is 2. The minimum absolute atomic E-state index is 0.0712. The summed E-state index contributed by atoms with van der Waals surface area (Å²) in [5.74, 6) is -0.404. The number of nitrogens with zero attached hydrogens (tertiary/aromatic N) is 3. The van der Waals surface area contributed by atoms with Crippen molar-refractivity contribution in [3.05, 3.63) is 70.0 Å². The molecule has 0 radical (unpaired) electrons. The molecule has 2 aliphatic rings. The highest BCUT2D eigenvalue weighted by Gasteiger charge is 2.39. The molecule has 38 heavy (non-hydrogen) atoms. The standard InChI is InChI=1S/C27H30F7N3O/c1-17-11-21(28)5-6-23(17)24-15-22(36-8-3-4-9-36)7-10-37(24)25(38)35(2)16-18-12-19(26(29,30)31)14-20(13-18)27(32,33)34/h5-6,11-14,22,24H,3-4,7-10,15-16H2,1-2H3/t22-,24-/m0/s1. The molecule has 2 atom stereocenters. The average molecular weight is 546 g/mol. The largest absolute Gasteiger partial charge is 0.416 e. The third-order valence-corrected chi connectivity index (χ3v) is 7.46. The van der Waals surface area contributed by atoms with Gasteiger partial charge in [0.05, 0.1) is 17.2 Å². The van der Waals surface area contributed by atoms with Gasteiger partial charge in [0, 0.05) is 26.2 Å². The van der Waals surface area contributed by atoms with Gasteiger partial charge in [0.15, 0.2) is 0 Å². The molecule has 0 aromatic heterocycles. The lowest BCUT2D eigenvalue weighted by Gasteiger charge is -2.44. The number of rotatable bonds is 4. The van der Waals surface area contributed by atoms with Crippen molar-refractivity contribution in [2.75, 3.05) is 26.7 Å². The Bertz CT molecular complexity index is 1130. The van der Waals surface area contributed by atoms with Gasteiger partial charge in [-0.05, 0) is 92.7 Å². The summed E-state index contributed by atoms with van der Waals surface area (Å²) in [5.41, 5.74) is -1.67. The number of piperidine rings is 1. The van der Waals surface area contributed by atoms with E-state index in [1.54, 1.807) is 17.9 Å². The molecule has 2 heterocycles. The highest BCUT2D eigenvalue weighted by molar-refractivity contribution is 5.75. The number of aryl methyl sites for hydroxylation is 1. The molecule has 11 heteroatoms. The zero-order valence-corrected chi connectivity index (χ0v) is 21.2. The van der Waals surface area contributed by atoms with Crippen LogP contribution < -0.4 is 0 Å². The van der Waals surface area contributed by atoms with Gasteiger partial charge in [-0.3, -0.25) is 0 Å². The fourth-order valence-corrected chi connectivity index (χ4v) is 5.59. The van der Waals surface area contributed by atoms with Crippen LogP contribution in [0.3, 0.4) is 0 Å². The zero-order chi connectivity index (χ0) is 27.8. The smallest absolute Gasteiger partial charge is 0.323 e. The van der Waals surface area contributed by atoms with Crippen molar-refractivity contribution in [2.45, 2.75) is 63.6 Å². The van der Waals surface area contributed by atoms with Crippen LogP contribution in [0.1, 0.15) is 59.5 Å². The number of amides is 2. The van der Waals surface area contributed by atoms with E-state index < -0.39 is 47.9 Å². The van der Waals surface area contributed by atoms with Crippen LogP contribution >= 0.6 is 0 Å². The quantitative estimate of drug-likeness (QED) is 0.386. The maximum absolute atomic E-state index is 13.8. The molecule has 0 bridgehead atoms. The molecule has 4 rings (SSSR count). The van der Waals surface area contributed by atoms with Crippen molar-refractivity contribution in [3.63, 3.8) is 0 Å². The summed E-state index contributed by atoms with van der Waals surface area (Å²) in [7, 11) is 1.36. The fourth-order valence-electron chi connectivity index (χ4n) is 5.59. The first kappa shape index (κ1) is 28.2. The van der Waals surface area contributed by atoms with Crippen LogP contribution in [0.15, 0.2) is 36.4 Å². The van der Waals surface area contributed by atoms with Gasteiger partial charge >= 0.3 is 18.4 Å². The average Bonchev–Trinajstić information content (AvgIpc) is 3.37. The fraction of sp³-hybridized carbons (Fsp3) is 0.519. The van der Waals surface area contributed by atoms with Crippen molar-refractivity contribution < 1.29 is 35.5 Å². The van der Waals surface area contributed by atoms with Gasteiger partial charge in [-0.25, -0.2) is 9.18 Å². The lowest BCUT2D eigenvalue weighted by atomic mass is 9.89. The van der Waals surface area contributed by atoms with Crippen LogP contribution in [0.5, 0.6) is 0 Å². The lowest BCUT2D eigenvalue weighted by molar-refractivity contribution is -0.143. The van der Waals surface area contributed by atoms with Crippen LogP contribution in [-0.2, 0) is 18.9 Å². The summed E-state index contributed by atoms with van der Waals surface area (Å²) < 4.78 is 93.7. The van der Waals surface area contributed by atoms with Crippen LogP contribution in [0.4, 0.5) is 35.5 Å². The van der Waals surface area contributed by atoms with Crippen molar-refractivity contribution in [1.82, 2.24) is 14.7 Å². The van der Waals surface area contributed by atoms with E-state index in [0.717, 1.165) is 36.4 Å². The normalized spacial score (nSPS) is 21.1. The minimum Gasteiger partial charge on any atom is -0.323 e. The molecule has 2 fully saturated rings. The second kappa shape index (κ2) is 10.7. The summed E-state index contributed by atoms with van der Waals surface area (Å²) in [5, 5.41) is 0. The number of urea groups is 1. The number of carbonyl (C=O) groups excluding carboxylic acids is 1. The van der Waals surface area contributed by atoms with E-state index in [1.807, 2.05) is 0 Å². The van der Waals surface area contributed by atoms with E-state index in [9.17, 15) is 35.5 Å². The monoisotopic (exact) mass is 545 g/mol. The number of carbonyl (C=O) groups is 1. The Morgan fingerprint density at radius 2 is 1.55 bits per heavy atom. The Balaban J connectivity index is 1.60. The first-order valence-corrected chi connectivity index (χ1v) is 12.5. The number of alkyl halides is 6. The molecule has 4 nitrogen and oxygen atoms in total. The molecule has 2 saturated heterocycles. The molecular formula is C27H30F7N3O. The van der Waals surface area contributed by atoms with E-state index in [2.05, 4.69) is 4.90 Å². The number of hydrogen-bond donors (Lipinski definition) is 0. The molecule has 2 aliphatic heterocycles. The van der Waals surface area contributed by atoms with Crippen molar-refractivity contribution in [2.24, 2.45) is 0 Å². The Morgan fingerprint density at radius 1 is 0.947 bits per heavy atom. The molecule has 0 aliphatic carbocycles. The van der Waals surface area contributed by atoms with Crippen LogP contribution in [0, 0.1) is 12.7 Å². The van der Waals surface area contributed by atoms with E-state index in [1.165, 1.54) is 19.2 Å². The first-order chi connectivity index (χ1) is 17.7. The van der Waals surface area contributed by atoms with Gasteiger partial charge in [0.25, 0.3) is 0 Å². The third-order valence-electron chi connectivity index (χ3n) is 7.46. The summed E-state index contributed by atoms with van der Waals surface area (Å²) in [6.07, 6.45) is -6.45. The second-order valence-electron chi connectivity index (χ2n) is 10.2. The maximum Gasteiger partial charge on any atom is 0.416 e. The Morgan fingerprint density at radius 3 is 2.11 bits per heavy atom. The third kappa shape index (κ3) is 6.24. The summed E-state index contributed by atoms with van der Waals surface area (Å²) >= 11 is 0. The Kier molecular flexibility index (Phi) is 7.97. The number of hydrogen-bond acceptors (Lipinski definition) is 2. The SMILES string of the molecule is Cc1cc(F)ccc1[C@@H]1C[C@@H](N2CCCC2)CCN1C(=O)N(C)Cc1cc(C(F)(F)F)cc(C(F)(F)F)c1. The summed E-state index contributed by atoms with van der Waals surface area (Å²) in [4.78, 5) is 18.7. The molecule has 2 aromatic rings. The van der Waals surface area contributed by atoms with Gasteiger partial charge in [0.1, 0.15) is 5.82 Å². The molecule has 0 N–H and O–H groups in total. The topological polar surface area (TPSA) is 26.8 Å². The van der Waals surface area contributed by atoms with Crippen LogP contribution in [0.25, 0.3) is 0 Å². The van der Waals surface area contributed by atoms with E-state index in [4.69, 9.17) is 0 Å². The molecule has 2 amide bonds. The predicted octanol–water partition coefficient (Wildman–Crippen LogP) is 7.03. The maximum atomic E-state index is 13.8. The second-order valence-corrected chi connectivity index (χ2v) is 10.2. The van der Waals surface area contributed by atoms with Gasteiger partial charge in [-0.2, -0.15) is 26.3 Å². The van der Waals surface area contributed by atoms with Crippen LogP contribution in [0.2, 0.25) is 0 Å². The first-order valence-electron chi connectivity index (χ1n) is 12.5. The zero-order valence-electron chi connectivity index (χ0n) is 21.2. The van der Waals surface area contributed by atoms with Gasteiger partial charge in [-0.1, -0.05) is 6.07 Å². The lowest BCUT2D eigenvalue weighted by Crippen LogP contribution is -2.51. The van der Waals surface area contributed by atoms with Gasteiger partial charge in [0.2, 0.25) is 0 Å². The van der Waals surface area contributed by atoms with Crippen molar-refractivity contribution in [3.8, 4) is 0 Å².